The van der Waals surface area contributed by atoms with Gasteiger partial charge in [-0.25, -0.2) is 13.8 Å². The van der Waals surface area contributed by atoms with Gasteiger partial charge >= 0.3 is 0 Å². The number of halogens is 2. The molecule has 2 atom stereocenters. The molecule has 17 heavy (non-hydrogen) atoms. The Balaban J connectivity index is 1.96. The first kappa shape index (κ1) is 12.4. The summed E-state index contributed by atoms with van der Waals surface area (Å²) in [5, 5.41) is 3.95. The lowest BCUT2D eigenvalue weighted by molar-refractivity contribution is -0.0562. The van der Waals surface area contributed by atoms with Gasteiger partial charge in [-0.05, 0) is 18.8 Å². The Morgan fingerprint density at radius 3 is 3.00 bits per heavy atom. The Labute approximate surface area is 99.2 Å². The molecule has 0 saturated heterocycles. The van der Waals surface area contributed by atoms with E-state index < -0.39 is 5.92 Å². The van der Waals surface area contributed by atoms with Crippen molar-refractivity contribution in [1.29, 1.82) is 0 Å². The van der Waals surface area contributed by atoms with E-state index in [0.717, 1.165) is 12.2 Å². The van der Waals surface area contributed by atoms with Crippen molar-refractivity contribution in [3.05, 3.63) is 12.2 Å². The molecule has 4 nitrogen and oxygen atoms in total. The molecule has 0 radical (unpaired) electrons. The summed E-state index contributed by atoms with van der Waals surface area (Å²) in [5.74, 6) is -1.90. The van der Waals surface area contributed by atoms with Gasteiger partial charge in [-0.2, -0.15) is 5.10 Å². The standard InChI is InChI=1S/C11H18F2N4/c1-17-10(15-7-16-17)5-9(14)8-3-2-4-11(12,13)6-8/h7-9H,2-6,14H2,1H3. The van der Waals surface area contributed by atoms with Crippen molar-refractivity contribution in [2.24, 2.45) is 18.7 Å². The monoisotopic (exact) mass is 244 g/mol. The summed E-state index contributed by atoms with van der Waals surface area (Å²) in [6, 6.07) is -0.260. The maximum Gasteiger partial charge on any atom is 0.248 e. The van der Waals surface area contributed by atoms with Gasteiger partial charge in [-0.1, -0.05) is 0 Å². The van der Waals surface area contributed by atoms with Crippen LogP contribution in [0.3, 0.4) is 0 Å². The van der Waals surface area contributed by atoms with E-state index >= 15 is 0 Å². The van der Waals surface area contributed by atoms with Crippen molar-refractivity contribution >= 4 is 0 Å². The summed E-state index contributed by atoms with van der Waals surface area (Å²) in [6.07, 6.45) is 3.22. The minimum absolute atomic E-state index is 0.000179. The molecule has 1 aromatic rings. The Hall–Kier alpha value is -1.04. The topological polar surface area (TPSA) is 56.7 Å². The molecule has 0 aromatic carbocycles. The summed E-state index contributed by atoms with van der Waals surface area (Å²) < 4.78 is 28.2. The average molecular weight is 244 g/mol. The Bertz CT molecular complexity index is 377. The summed E-state index contributed by atoms with van der Waals surface area (Å²) >= 11 is 0. The van der Waals surface area contributed by atoms with Gasteiger partial charge in [0.15, 0.2) is 0 Å². The quantitative estimate of drug-likeness (QED) is 0.876. The Kier molecular flexibility index (Phi) is 3.42. The first-order valence-corrected chi connectivity index (χ1v) is 5.94. The average Bonchev–Trinajstić information content (AvgIpc) is 2.63. The maximum atomic E-state index is 13.3. The molecule has 2 N–H and O–H groups in total. The fourth-order valence-corrected chi connectivity index (χ4v) is 2.46. The third-order valence-corrected chi connectivity index (χ3v) is 3.51. The number of hydrogen-bond acceptors (Lipinski definition) is 3. The fraction of sp³-hybridized carbons (Fsp3) is 0.818. The van der Waals surface area contributed by atoms with E-state index in [4.69, 9.17) is 5.73 Å². The lowest BCUT2D eigenvalue weighted by Gasteiger charge is -2.32. The lowest BCUT2D eigenvalue weighted by atomic mass is 9.81. The molecule has 0 bridgehead atoms. The van der Waals surface area contributed by atoms with Gasteiger partial charge < -0.3 is 5.73 Å². The minimum Gasteiger partial charge on any atom is -0.327 e. The van der Waals surface area contributed by atoms with Gasteiger partial charge in [0.25, 0.3) is 0 Å². The van der Waals surface area contributed by atoms with Crippen molar-refractivity contribution in [1.82, 2.24) is 14.8 Å². The molecule has 2 rings (SSSR count). The number of alkyl halides is 2. The SMILES string of the molecule is Cn1ncnc1CC(N)C1CCCC(F)(F)C1. The molecule has 1 aliphatic carbocycles. The molecular weight excluding hydrogens is 226 g/mol. The molecule has 0 aliphatic heterocycles. The highest BCUT2D eigenvalue weighted by atomic mass is 19.3. The van der Waals surface area contributed by atoms with Gasteiger partial charge in [0.05, 0.1) is 0 Å². The van der Waals surface area contributed by atoms with Crippen molar-refractivity contribution < 1.29 is 8.78 Å². The summed E-state index contributed by atoms with van der Waals surface area (Å²) in [7, 11) is 1.78. The number of nitrogens with two attached hydrogens (primary N) is 1. The van der Waals surface area contributed by atoms with Gasteiger partial charge in [-0.3, -0.25) is 4.68 Å². The van der Waals surface area contributed by atoms with Crippen LogP contribution in [0, 0.1) is 5.92 Å². The molecule has 1 aromatic heterocycles. The zero-order chi connectivity index (χ0) is 12.5. The second-order valence-electron chi connectivity index (χ2n) is 4.88. The molecule has 1 aliphatic rings. The lowest BCUT2D eigenvalue weighted by Crippen LogP contribution is -2.39. The molecule has 96 valence electrons. The predicted molar refractivity (Wildman–Crippen MR) is 59.6 cm³/mol. The smallest absolute Gasteiger partial charge is 0.248 e. The normalized spacial score (nSPS) is 25.8. The van der Waals surface area contributed by atoms with Crippen LogP contribution in [0.1, 0.15) is 31.5 Å². The molecular formula is C11H18F2N4. The first-order chi connectivity index (χ1) is 7.98. The van der Waals surface area contributed by atoms with Gasteiger partial charge in [0, 0.05) is 32.4 Å². The second-order valence-corrected chi connectivity index (χ2v) is 4.88. The van der Waals surface area contributed by atoms with E-state index in [2.05, 4.69) is 10.1 Å². The van der Waals surface area contributed by atoms with E-state index in [1.54, 1.807) is 11.7 Å². The Morgan fingerprint density at radius 1 is 1.65 bits per heavy atom. The minimum atomic E-state index is -2.54. The van der Waals surface area contributed by atoms with Crippen LogP contribution in [0.15, 0.2) is 6.33 Å². The number of nitrogens with zero attached hydrogens (tertiary/aromatic N) is 3. The van der Waals surface area contributed by atoms with Crippen LogP contribution in [0.4, 0.5) is 8.78 Å². The number of aryl methyl sites for hydroxylation is 1. The highest BCUT2D eigenvalue weighted by molar-refractivity contribution is 4.93. The number of hydrogen-bond donors (Lipinski definition) is 1. The molecule has 2 unspecified atom stereocenters. The number of aromatic nitrogens is 3. The zero-order valence-corrected chi connectivity index (χ0v) is 9.94. The van der Waals surface area contributed by atoms with Crippen molar-refractivity contribution in [3.63, 3.8) is 0 Å². The van der Waals surface area contributed by atoms with Crippen LogP contribution in [-0.2, 0) is 13.5 Å². The van der Waals surface area contributed by atoms with Crippen LogP contribution in [-0.4, -0.2) is 26.7 Å². The van der Waals surface area contributed by atoms with E-state index in [9.17, 15) is 8.78 Å². The van der Waals surface area contributed by atoms with Crippen LogP contribution in [0.5, 0.6) is 0 Å². The van der Waals surface area contributed by atoms with Gasteiger partial charge in [0.1, 0.15) is 12.2 Å². The summed E-state index contributed by atoms with van der Waals surface area (Å²) in [4.78, 5) is 4.07. The largest absolute Gasteiger partial charge is 0.327 e. The molecule has 1 heterocycles. The maximum absolute atomic E-state index is 13.3. The Morgan fingerprint density at radius 2 is 2.41 bits per heavy atom. The van der Waals surface area contributed by atoms with Crippen LogP contribution >= 0.6 is 0 Å². The van der Waals surface area contributed by atoms with Crippen molar-refractivity contribution in [2.45, 2.75) is 44.1 Å². The van der Waals surface area contributed by atoms with Crippen LogP contribution in [0.25, 0.3) is 0 Å². The molecule has 6 heteroatoms. The third-order valence-electron chi connectivity index (χ3n) is 3.51. The highest BCUT2D eigenvalue weighted by Gasteiger charge is 2.38. The van der Waals surface area contributed by atoms with E-state index in [1.165, 1.54) is 6.33 Å². The van der Waals surface area contributed by atoms with Crippen LogP contribution < -0.4 is 5.73 Å². The van der Waals surface area contributed by atoms with Crippen molar-refractivity contribution in [3.8, 4) is 0 Å². The van der Waals surface area contributed by atoms with E-state index in [0.29, 0.717) is 12.8 Å². The van der Waals surface area contributed by atoms with Gasteiger partial charge in [0.2, 0.25) is 5.92 Å². The van der Waals surface area contributed by atoms with Gasteiger partial charge in [-0.15, -0.1) is 0 Å². The molecule has 1 saturated carbocycles. The molecule has 1 fully saturated rings. The van der Waals surface area contributed by atoms with E-state index in [-0.39, 0.29) is 24.8 Å². The summed E-state index contributed by atoms with van der Waals surface area (Å²) in [6.45, 7) is 0. The third kappa shape index (κ3) is 3.00. The second kappa shape index (κ2) is 4.68. The predicted octanol–water partition coefficient (Wildman–Crippen LogP) is 1.51. The fourth-order valence-electron chi connectivity index (χ4n) is 2.46. The molecule has 0 spiro atoms. The summed E-state index contributed by atoms with van der Waals surface area (Å²) in [5.41, 5.74) is 6.02. The number of rotatable bonds is 3. The van der Waals surface area contributed by atoms with Crippen LogP contribution in [0.2, 0.25) is 0 Å². The first-order valence-electron chi connectivity index (χ1n) is 5.94. The zero-order valence-electron chi connectivity index (χ0n) is 9.94. The van der Waals surface area contributed by atoms with Crippen molar-refractivity contribution in [2.75, 3.05) is 0 Å². The van der Waals surface area contributed by atoms with E-state index in [1.807, 2.05) is 0 Å². The molecule has 0 amide bonds. The highest BCUT2D eigenvalue weighted by Crippen LogP contribution is 2.38.